The molecule has 6 heteroatoms. The standard InChI is InChI=1S/C25H22N4O2/c30-21-8-4-7-20-23(21)19(13-16-5-2-1-3-6-16)24(28-20)17-10-12-27-22(14-17)29-25(31)18-9-11-26-15-18/h1-3,5-6,9-12,14,28H,4,7-8,13,15H2,(H,27,29,31). The number of allylic oxidation sites excluding steroid dienone is 1. The van der Waals surface area contributed by atoms with Crippen molar-refractivity contribution in [1.29, 1.82) is 0 Å². The van der Waals surface area contributed by atoms with Crippen molar-refractivity contribution in [2.75, 3.05) is 11.9 Å². The summed E-state index contributed by atoms with van der Waals surface area (Å²) in [7, 11) is 0. The minimum absolute atomic E-state index is 0.199. The highest BCUT2D eigenvalue weighted by Gasteiger charge is 2.26. The zero-order valence-corrected chi connectivity index (χ0v) is 17.0. The van der Waals surface area contributed by atoms with Crippen LogP contribution in [0.3, 0.4) is 0 Å². The zero-order valence-electron chi connectivity index (χ0n) is 17.0. The average Bonchev–Trinajstić information content (AvgIpc) is 3.44. The molecule has 0 bridgehead atoms. The van der Waals surface area contributed by atoms with Crippen LogP contribution in [-0.2, 0) is 17.6 Å². The van der Waals surface area contributed by atoms with Crippen LogP contribution >= 0.6 is 0 Å². The van der Waals surface area contributed by atoms with Gasteiger partial charge in [0.1, 0.15) is 5.82 Å². The summed E-state index contributed by atoms with van der Waals surface area (Å²) in [4.78, 5) is 37.1. The van der Waals surface area contributed by atoms with Gasteiger partial charge >= 0.3 is 0 Å². The summed E-state index contributed by atoms with van der Waals surface area (Å²) in [6.07, 6.45) is 8.01. The first-order valence-corrected chi connectivity index (χ1v) is 10.5. The lowest BCUT2D eigenvalue weighted by Crippen LogP contribution is -2.16. The molecule has 0 spiro atoms. The van der Waals surface area contributed by atoms with Crippen LogP contribution in [-0.4, -0.2) is 34.4 Å². The second kappa shape index (κ2) is 8.14. The Balaban J connectivity index is 1.52. The molecule has 3 heterocycles. The fourth-order valence-electron chi connectivity index (χ4n) is 4.24. The molecule has 1 aliphatic heterocycles. The highest BCUT2D eigenvalue weighted by Crippen LogP contribution is 2.35. The molecular formula is C25H22N4O2. The molecule has 5 rings (SSSR count). The van der Waals surface area contributed by atoms with E-state index in [9.17, 15) is 9.59 Å². The van der Waals surface area contributed by atoms with Crippen LogP contribution in [0.2, 0.25) is 0 Å². The number of aromatic nitrogens is 2. The number of nitrogens with one attached hydrogen (secondary N) is 2. The van der Waals surface area contributed by atoms with Crippen molar-refractivity contribution in [3.63, 3.8) is 0 Å². The van der Waals surface area contributed by atoms with Gasteiger partial charge in [-0.15, -0.1) is 0 Å². The van der Waals surface area contributed by atoms with E-state index in [2.05, 4.69) is 32.4 Å². The molecule has 2 aromatic heterocycles. The molecular weight excluding hydrogens is 388 g/mol. The van der Waals surface area contributed by atoms with Gasteiger partial charge in [0.2, 0.25) is 0 Å². The van der Waals surface area contributed by atoms with Gasteiger partial charge in [-0.25, -0.2) is 4.98 Å². The molecule has 0 unspecified atom stereocenters. The van der Waals surface area contributed by atoms with Crippen LogP contribution < -0.4 is 5.32 Å². The highest BCUT2D eigenvalue weighted by molar-refractivity contribution is 6.07. The van der Waals surface area contributed by atoms with Gasteiger partial charge in [0.25, 0.3) is 5.91 Å². The summed E-state index contributed by atoms with van der Waals surface area (Å²) in [5.41, 5.74) is 6.44. The number of nitrogens with zero attached hydrogens (tertiary/aromatic N) is 2. The maximum atomic E-state index is 12.8. The predicted octanol–water partition coefficient (Wildman–Crippen LogP) is 4.14. The van der Waals surface area contributed by atoms with Crippen molar-refractivity contribution in [3.05, 3.63) is 82.7 Å². The molecule has 2 aliphatic rings. The lowest BCUT2D eigenvalue weighted by Gasteiger charge is -2.12. The monoisotopic (exact) mass is 410 g/mol. The van der Waals surface area contributed by atoms with Crippen LogP contribution in [0.1, 0.15) is 40.0 Å². The Bertz CT molecular complexity index is 1220. The molecule has 31 heavy (non-hydrogen) atoms. The maximum absolute atomic E-state index is 12.8. The number of carbonyl (C=O) groups excluding carboxylic acids is 2. The number of amides is 1. The number of benzene rings is 1. The minimum Gasteiger partial charge on any atom is -0.358 e. The van der Waals surface area contributed by atoms with Gasteiger partial charge < -0.3 is 10.3 Å². The number of pyridine rings is 1. The zero-order chi connectivity index (χ0) is 21.2. The average molecular weight is 410 g/mol. The van der Waals surface area contributed by atoms with Gasteiger partial charge in [0, 0.05) is 47.6 Å². The van der Waals surface area contributed by atoms with Crippen molar-refractivity contribution in [2.45, 2.75) is 25.7 Å². The summed E-state index contributed by atoms with van der Waals surface area (Å²) in [5, 5.41) is 2.85. The third-order valence-corrected chi connectivity index (χ3v) is 5.74. The predicted molar refractivity (Wildman–Crippen MR) is 121 cm³/mol. The van der Waals surface area contributed by atoms with Gasteiger partial charge in [0.15, 0.2) is 5.78 Å². The number of hydrogen-bond acceptors (Lipinski definition) is 4. The highest BCUT2D eigenvalue weighted by atomic mass is 16.1. The van der Waals surface area contributed by atoms with Crippen LogP contribution in [0, 0.1) is 0 Å². The Labute approximate surface area is 180 Å². The Morgan fingerprint density at radius 3 is 2.81 bits per heavy atom. The summed E-state index contributed by atoms with van der Waals surface area (Å²) in [6.45, 7) is 0.387. The summed E-state index contributed by atoms with van der Waals surface area (Å²) < 4.78 is 0. The van der Waals surface area contributed by atoms with Crippen LogP contribution in [0.15, 0.2) is 65.3 Å². The molecule has 6 nitrogen and oxygen atoms in total. The van der Waals surface area contributed by atoms with E-state index in [0.717, 1.165) is 46.5 Å². The topological polar surface area (TPSA) is 87.2 Å². The fraction of sp³-hybridized carbons (Fsp3) is 0.200. The molecule has 0 saturated heterocycles. The van der Waals surface area contributed by atoms with E-state index in [4.69, 9.17) is 0 Å². The third-order valence-electron chi connectivity index (χ3n) is 5.74. The number of aromatic amines is 1. The second-order valence-corrected chi connectivity index (χ2v) is 7.84. The molecule has 1 aliphatic carbocycles. The van der Waals surface area contributed by atoms with E-state index in [1.54, 1.807) is 18.5 Å². The van der Waals surface area contributed by atoms with E-state index in [1.165, 1.54) is 0 Å². The van der Waals surface area contributed by atoms with E-state index in [0.29, 0.717) is 30.8 Å². The van der Waals surface area contributed by atoms with Crippen molar-refractivity contribution < 1.29 is 9.59 Å². The first kappa shape index (κ1) is 19.2. The number of anilines is 1. The number of carbonyl (C=O) groups is 2. The molecule has 0 atom stereocenters. The van der Waals surface area contributed by atoms with Crippen molar-refractivity contribution in [3.8, 4) is 11.3 Å². The van der Waals surface area contributed by atoms with Crippen molar-refractivity contribution in [2.24, 2.45) is 4.99 Å². The Morgan fingerprint density at radius 2 is 2.00 bits per heavy atom. The van der Waals surface area contributed by atoms with E-state index in [-0.39, 0.29) is 11.7 Å². The number of Topliss-reactive ketones (excluding diaryl/α,β-unsaturated/α-hetero) is 1. The number of hydrogen-bond donors (Lipinski definition) is 2. The second-order valence-electron chi connectivity index (χ2n) is 7.84. The molecule has 154 valence electrons. The molecule has 3 aromatic rings. The van der Waals surface area contributed by atoms with Gasteiger partial charge in [-0.3, -0.25) is 14.6 Å². The molecule has 0 fully saturated rings. The fourth-order valence-corrected chi connectivity index (χ4v) is 4.24. The van der Waals surface area contributed by atoms with Gasteiger partial charge in [0.05, 0.1) is 12.2 Å². The quantitative estimate of drug-likeness (QED) is 0.663. The smallest absolute Gasteiger partial charge is 0.254 e. The molecule has 1 amide bonds. The molecule has 0 saturated carbocycles. The van der Waals surface area contributed by atoms with E-state index < -0.39 is 0 Å². The number of H-pyrrole nitrogens is 1. The summed E-state index contributed by atoms with van der Waals surface area (Å²) >= 11 is 0. The van der Waals surface area contributed by atoms with Crippen molar-refractivity contribution in [1.82, 2.24) is 9.97 Å². The minimum atomic E-state index is -0.201. The first-order valence-electron chi connectivity index (χ1n) is 10.5. The summed E-state index contributed by atoms with van der Waals surface area (Å²) in [5.74, 6) is 0.470. The molecule has 0 radical (unpaired) electrons. The number of aryl methyl sites for hydroxylation is 1. The number of aliphatic imine (C=N–C) groups is 1. The Hall–Kier alpha value is -3.80. The number of fused-ring (bicyclic) bond motifs is 1. The summed E-state index contributed by atoms with van der Waals surface area (Å²) in [6, 6.07) is 13.9. The molecule has 1 aromatic carbocycles. The van der Waals surface area contributed by atoms with Crippen LogP contribution in [0.25, 0.3) is 11.3 Å². The lowest BCUT2D eigenvalue weighted by molar-refractivity contribution is -0.112. The van der Waals surface area contributed by atoms with Gasteiger partial charge in [-0.1, -0.05) is 30.3 Å². The molecule has 2 N–H and O–H groups in total. The van der Waals surface area contributed by atoms with Crippen LogP contribution in [0.5, 0.6) is 0 Å². The third kappa shape index (κ3) is 3.84. The largest absolute Gasteiger partial charge is 0.358 e. The number of rotatable bonds is 5. The Morgan fingerprint density at radius 1 is 1.13 bits per heavy atom. The lowest BCUT2D eigenvalue weighted by atomic mass is 9.90. The first-order chi connectivity index (χ1) is 15.2. The normalized spacial score (nSPS) is 15.0. The maximum Gasteiger partial charge on any atom is 0.254 e. The van der Waals surface area contributed by atoms with Crippen LogP contribution in [0.4, 0.5) is 5.82 Å². The van der Waals surface area contributed by atoms with Crippen molar-refractivity contribution >= 4 is 23.7 Å². The SMILES string of the molecule is O=C(Nc1cc(-c2[nH]c3c(c2Cc2ccccc2)C(=O)CCC3)ccn1)C1=CC=NC1. The Kier molecular flexibility index (Phi) is 5.04. The van der Waals surface area contributed by atoms with E-state index >= 15 is 0 Å². The number of ketones is 1. The van der Waals surface area contributed by atoms with E-state index in [1.807, 2.05) is 30.3 Å². The van der Waals surface area contributed by atoms with Gasteiger partial charge in [-0.05, 0) is 42.2 Å². The van der Waals surface area contributed by atoms with Gasteiger partial charge in [-0.2, -0.15) is 0 Å².